The minimum Gasteiger partial charge on any atom is -0.484 e. The van der Waals surface area contributed by atoms with E-state index in [2.05, 4.69) is 27.9 Å². The first-order valence-corrected chi connectivity index (χ1v) is 7.32. The van der Waals surface area contributed by atoms with Gasteiger partial charge in [0.2, 0.25) is 0 Å². The van der Waals surface area contributed by atoms with Gasteiger partial charge in [-0.3, -0.25) is 9.59 Å². The zero-order chi connectivity index (χ0) is 17.0. The van der Waals surface area contributed by atoms with E-state index in [-0.39, 0.29) is 0 Å². The summed E-state index contributed by atoms with van der Waals surface area (Å²) < 4.78 is 43.9. The number of carbonyl (C=O) groups is 1. The molecule has 1 aromatic carbocycles. The third-order valence-corrected chi connectivity index (χ3v) is 3.41. The second-order valence-electron chi connectivity index (χ2n) is 4.42. The molecule has 2 N–H and O–H groups in total. The summed E-state index contributed by atoms with van der Waals surface area (Å²) >= 11 is 2.10. The average molecular weight is 438 g/mol. The highest BCUT2D eigenvalue weighted by Crippen LogP contribution is 2.29. The van der Waals surface area contributed by atoms with Crippen molar-refractivity contribution in [2.24, 2.45) is 0 Å². The van der Waals surface area contributed by atoms with Gasteiger partial charge in [0.05, 0.1) is 5.56 Å². The van der Waals surface area contributed by atoms with E-state index in [4.69, 9.17) is 4.74 Å². The van der Waals surface area contributed by atoms with Gasteiger partial charge in [-0.05, 0) is 52.9 Å². The Hall–Kier alpha value is -2.04. The Bertz CT molecular complexity index is 757. The molecule has 2 rings (SSSR count). The molecule has 0 bridgehead atoms. The van der Waals surface area contributed by atoms with E-state index in [1.807, 2.05) is 4.98 Å². The van der Waals surface area contributed by atoms with Gasteiger partial charge in [0.25, 0.3) is 11.5 Å². The Balaban J connectivity index is 2.02. The summed E-state index contributed by atoms with van der Waals surface area (Å²) in [6.07, 6.45) is -4.08. The zero-order valence-electron chi connectivity index (χ0n) is 11.4. The number of amides is 1. The Morgan fingerprint density at radius 2 is 1.91 bits per heavy atom. The maximum atomic E-state index is 12.6. The molecule has 0 unspecified atom stereocenters. The first-order chi connectivity index (χ1) is 10.8. The van der Waals surface area contributed by atoms with Crippen molar-refractivity contribution in [3.8, 4) is 5.75 Å². The molecule has 0 saturated heterocycles. The fraction of sp³-hybridized carbons (Fsp3) is 0.143. The molecule has 122 valence electrons. The van der Waals surface area contributed by atoms with Crippen LogP contribution in [0.3, 0.4) is 0 Å². The van der Waals surface area contributed by atoms with E-state index in [1.54, 1.807) is 24.3 Å². The van der Waals surface area contributed by atoms with Gasteiger partial charge in [-0.2, -0.15) is 13.2 Å². The summed E-state index contributed by atoms with van der Waals surface area (Å²) in [4.78, 5) is 25.1. The molecule has 0 saturated carbocycles. The fourth-order valence-corrected chi connectivity index (χ4v) is 1.97. The Kier molecular flexibility index (Phi) is 5.29. The maximum absolute atomic E-state index is 12.6. The molecule has 0 aliphatic rings. The number of ether oxygens (including phenoxy) is 1. The highest BCUT2D eigenvalue weighted by molar-refractivity contribution is 14.1. The number of H-pyrrole nitrogens is 1. The second kappa shape index (κ2) is 7.02. The number of rotatable bonds is 4. The zero-order valence-corrected chi connectivity index (χ0v) is 13.6. The molecule has 0 fully saturated rings. The number of aromatic amines is 1. The molecule has 2 aromatic rings. The summed E-state index contributed by atoms with van der Waals surface area (Å²) in [5.74, 6) is -0.313. The molecule has 9 heteroatoms. The number of pyridine rings is 1. The van der Waals surface area contributed by atoms with Crippen molar-refractivity contribution in [2.75, 3.05) is 11.9 Å². The van der Waals surface area contributed by atoms with Crippen molar-refractivity contribution in [1.29, 1.82) is 0 Å². The predicted octanol–water partition coefficient (Wildman–Crippen LogP) is 3.02. The Labute approximate surface area is 142 Å². The van der Waals surface area contributed by atoms with E-state index >= 15 is 0 Å². The smallest absolute Gasteiger partial charge is 0.417 e. The van der Waals surface area contributed by atoms with Crippen LogP contribution in [0.25, 0.3) is 0 Å². The van der Waals surface area contributed by atoms with Crippen LogP contribution in [0.2, 0.25) is 0 Å². The second-order valence-corrected chi connectivity index (χ2v) is 5.67. The average Bonchev–Trinajstić information content (AvgIpc) is 2.48. The van der Waals surface area contributed by atoms with Crippen LogP contribution in [-0.2, 0) is 11.0 Å². The van der Waals surface area contributed by atoms with Crippen molar-refractivity contribution in [3.05, 3.63) is 56.0 Å². The van der Waals surface area contributed by atoms with Crippen LogP contribution in [0.1, 0.15) is 5.56 Å². The largest absolute Gasteiger partial charge is 0.484 e. The molecule has 1 aromatic heterocycles. The first kappa shape index (κ1) is 17.3. The summed E-state index contributed by atoms with van der Waals surface area (Å²) in [5, 5.41) is 2.10. The first-order valence-electron chi connectivity index (χ1n) is 6.24. The number of anilines is 1. The lowest BCUT2D eigenvalue weighted by molar-refractivity contribution is -0.137. The molecular formula is C14H10F3IN2O3. The Morgan fingerprint density at radius 1 is 1.26 bits per heavy atom. The van der Waals surface area contributed by atoms with Gasteiger partial charge < -0.3 is 15.0 Å². The number of benzene rings is 1. The van der Waals surface area contributed by atoms with E-state index in [0.29, 0.717) is 18.0 Å². The number of nitrogens with one attached hydrogen (secondary N) is 2. The van der Waals surface area contributed by atoms with Gasteiger partial charge in [0.1, 0.15) is 11.4 Å². The van der Waals surface area contributed by atoms with Gasteiger partial charge in [-0.1, -0.05) is 0 Å². The standard InChI is InChI=1S/C14H10F3IN2O3/c15-14(16,17)8-5-11(13(22)19-6-8)20-12(21)7-23-10-3-1-9(18)2-4-10/h1-6H,7H2,(H,19,22)(H,20,21). The van der Waals surface area contributed by atoms with Crippen LogP contribution in [0.4, 0.5) is 18.9 Å². The number of hydrogen-bond donors (Lipinski definition) is 2. The van der Waals surface area contributed by atoms with Crippen molar-refractivity contribution >= 4 is 34.2 Å². The van der Waals surface area contributed by atoms with Crippen LogP contribution in [-0.4, -0.2) is 17.5 Å². The summed E-state index contributed by atoms with van der Waals surface area (Å²) in [6, 6.07) is 7.40. The van der Waals surface area contributed by atoms with E-state index in [9.17, 15) is 22.8 Å². The van der Waals surface area contributed by atoms with Gasteiger partial charge in [-0.15, -0.1) is 0 Å². The third kappa shape index (κ3) is 4.98. The molecule has 0 spiro atoms. The quantitative estimate of drug-likeness (QED) is 0.722. The van der Waals surface area contributed by atoms with Gasteiger partial charge in [0, 0.05) is 9.77 Å². The lowest BCUT2D eigenvalue weighted by atomic mass is 10.2. The van der Waals surface area contributed by atoms with E-state index < -0.39 is 35.5 Å². The van der Waals surface area contributed by atoms with Crippen molar-refractivity contribution in [1.82, 2.24) is 4.98 Å². The maximum Gasteiger partial charge on any atom is 0.417 e. The highest BCUT2D eigenvalue weighted by atomic mass is 127. The number of aromatic nitrogens is 1. The number of carbonyl (C=O) groups excluding carboxylic acids is 1. The highest BCUT2D eigenvalue weighted by Gasteiger charge is 2.31. The minimum absolute atomic E-state index is 0.429. The van der Waals surface area contributed by atoms with Crippen LogP contribution in [0.15, 0.2) is 41.3 Å². The molecule has 0 aliphatic heterocycles. The van der Waals surface area contributed by atoms with Crippen molar-refractivity contribution < 1.29 is 22.7 Å². The van der Waals surface area contributed by atoms with E-state index in [1.165, 1.54) is 0 Å². The fourth-order valence-electron chi connectivity index (χ4n) is 1.61. The molecular weight excluding hydrogens is 428 g/mol. The van der Waals surface area contributed by atoms with Gasteiger partial charge in [-0.25, -0.2) is 0 Å². The molecule has 1 amide bonds. The van der Waals surface area contributed by atoms with E-state index in [0.717, 1.165) is 3.57 Å². The van der Waals surface area contributed by atoms with Crippen LogP contribution < -0.4 is 15.6 Å². The van der Waals surface area contributed by atoms with Gasteiger partial charge >= 0.3 is 6.18 Å². The van der Waals surface area contributed by atoms with Crippen molar-refractivity contribution in [3.63, 3.8) is 0 Å². The lowest BCUT2D eigenvalue weighted by Gasteiger charge is -2.10. The summed E-state index contributed by atoms with van der Waals surface area (Å²) in [5.41, 5.74) is -2.39. The van der Waals surface area contributed by atoms with Crippen LogP contribution in [0.5, 0.6) is 5.75 Å². The molecule has 1 heterocycles. The minimum atomic E-state index is -4.62. The molecule has 0 radical (unpaired) electrons. The SMILES string of the molecule is O=C(COc1ccc(I)cc1)Nc1cc(C(F)(F)F)c[nH]c1=O. The van der Waals surface area contributed by atoms with Crippen LogP contribution >= 0.6 is 22.6 Å². The lowest BCUT2D eigenvalue weighted by Crippen LogP contribution is -2.25. The number of halogens is 4. The third-order valence-electron chi connectivity index (χ3n) is 2.69. The summed E-state index contributed by atoms with van der Waals surface area (Å²) in [7, 11) is 0. The molecule has 0 atom stereocenters. The summed E-state index contributed by atoms with van der Waals surface area (Å²) in [6.45, 7) is -0.434. The normalized spacial score (nSPS) is 11.1. The van der Waals surface area contributed by atoms with Crippen molar-refractivity contribution in [2.45, 2.75) is 6.18 Å². The van der Waals surface area contributed by atoms with Gasteiger partial charge in [0.15, 0.2) is 6.61 Å². The number of alkyl halides is 3. The molecule has 0 aliphatic carbocycles. The predicted molar refractivity (Wildman–Crippen MR) is 85.3 cm³/mol. The Morgan fingerprint density at radius 3 is 2.52 bits per heavy atom. The monoisotopic (exact) mass is 438 g/mol. The topological polar surface area (TPSA) is 71.2 Å². The van der Waals surface area contributed by atoms with Crippen LogP contribution in [0, 0.1) is 3.57 Å². The number of hydrogen-bond acceptors (Lipinski definition) is 3. The molecule has 23 heavy (non-hydrogen) atoms. The molecule has 5 nitrogen and oxygen atoms in total.